The van der Waals surface area contributed by atoms with Gasteiger partial charge >= 0.3 is 5.97 Å². The fourth-order valence-corrected chi connectivity index (χ4v) is 4.52. The molecule has 5 heteroatoms. The van der Waals surface area contributed by atoms with Gasteiger partial charge in [-0.25, -0.2) is 8.42 Å². The number of rotatable bonds is 5. The lowest BCUT2D eigenvalue weighted by Crippen LogP contribution is -2.23. The molecule has 1 aromatic carbocycles. The van der Waals surface area contributed by atoms with E-state index < -0.39 is 15.8 Å². The lowest BCUT2D eigenvalue weighted by atomic mass is 9.84. The first-order chi connectivity index (χ1) is 9.89. The van der Waals surface area contributed by atoms with Crippen LogP contribution in [0.3, 0.4) is 0 Å². The Morgan fingerprint density at radius 1 is 1.29 bits per heavy atom. The molecule has 0 amide bonds. The van der Waals surface area contributed by atoms with E-state index in [1.165, 1.54) is 11.1 Å². The Bertz CT molecular complexity index is 592. The normalized spacial score (nSPS) is 20.0. The summed E-state index contributed by atoms with van der Waals surface area (Å²) in [5, 5.41) is 8.82. The highest BCUT2D eigenvalue weighted by molar-refractivity contribution is 7.91. The predicted octanol–water partition coefficient (Wildman–Crippen LogP) is 2.95. The number of hydrogen-bond acceptors (Lipinski definition) is 3. The van der Waals surface area contributed by atoms with E-state index >= 15 is 0 Å². The Hall–Kier alpha value is -1.36. The molecule has 1 heterocycles. The summed E-state index contributed by atoms with van der Waals surface area (Å²) in [7, 11) is -2.86. The number of carboxylic acid groups (broad SMARTS) is 1. The first-order valence-corrected chi connectivity index (χ1v) is 9.22. The zero-order chi connectivity index (χ0) is 15.5. The maximum atomic E-state index is 11.6. The number of carboxylic acids is 1. The predicted molar refractivity (Wildman–Crippen MR) is 82.4 cm³/mol. The van der Waals surface area contributed by atoms with Gasteiger partial charge < -0.3 is 5.11 Å². The second-order valence-corrected chi connectivity index (χ2v) is 8.19. The minimum atomic E-state index is -2.86. The van der Waals surface area contributed by atoms with E-state index in [4.69, 9.17) is 5.11 Å². The zero-order valence-corrected chi connectivity index (χ0v) is 13.1. The molecule has 1 aromatic rings. The maximum absolute atomic E-state index is 11.6. The Balaban J connectivity index is 2.15. The van der Waals surface area contributed by atoms with Gasteiger partial charge in [-0.05, 0) is 42.2 Å². The van der Waals surface area contributed by atoms with Gasteiger partial charge in [0.15, 0.2) is 0 Å². The molecule has 116 valence electrons. The molecule has 4 nitrogen and oxygen atoms in total. The van der Waals surface area contributed by atoms with Gasteiger partial charge in [0.2, 0.25) is 0 Å². The first kappa shape index (κ1) is 16.0. The molecule has 1 N–H and O–H groups in total. The summed E-state index contributed by atoms with van der Waals surface area (Å²) in [6.07, 6.45) is 2.11. The molecular weight excluding hydrogens is 288 g/mol. The molecule has 1 aliphatic heterocycles. The molecule has 0 spiro atoms. The van der Waals surface area contributed by atoms with Crippen molar-refractivity contribution in [2.75, 3.05) is 11.5 Å². The van der Waals surface area contributed by atoms with Crippen LogP contribution in [0, 0.1) is 0 Å². The van der Waals surface area contributed by atoms with E-state index in [0.717, 1.165) is 0 Å². The summed E-state index contributed by atoms with van der Waals surface area (Å²) in [4.78, 5) is 10.7. The quantitative estimate of drug-likeness (QED) is 0.907. The molecule has 0 aliphatic carbocycles. The Kier molecular flexibility index (Phi) is 5.04. The molecule has 0 aromatic heterocycles. The minimum absolute atomic E-state index is 0.161. The van der Waals surface area contributed by atoms with Crippen molar-refractivity contribution in [2.24, 2.45) is 0 Å². The Labute approximate surface area is 126 Å². The summed E-state index contributed by atoms with van der Waals surface area (Å²) in [5.41, 5.74) is 2.37. The third-order valence-corrected chi connectivity index (χ3v) is 6.03. The van der Waals surface area contributed by atoms with Gasteiger partial charge in [0, 0.05) is 6.42 Å². The third kappa shape index (κ3) is 4.30. The monoisotopic (exact) mass is 310 g/mol. The van der Waals surface area contributed by atoms with Crippen molar-refractivity contribution in [2.45, 2.75) is 44.4 Å². The van der Waals surface area contributed by atoms with Crippen LogP contribution in [0.1, 0.15) is 55.6 Å². The second-order valence-electron chi connectivity index (χ2n) is 5.89. The Morgan fingerprint density at radius 3 is 2.52 bits per heavy atom. The smallest absolute Gasteiger partial charge is 0.303 e. The van der Waals surface area contributed by atoms with Crippen molar-refractivity contribution in [1.82, 2.24) is 0 Å². The maximum Gasteiger partial charge on any atom is 0.303 e. The second kappa shape index (κ2) is 6.60. The standard InChI is InChI=1S/C16H22O4S/c1-12(6-7-16(17)18)14-4-2-3-5-15(14)13-8-10-21(19,20)11-9-13/h2-5,12-13H,6-11H2,1H3,(H,17,18). The van der Waals surface area contributed by atoms with Crippen LogP contribution in [0.2, 0.25) is 0 Å². The van der Waals surface area contributed by atoms with Gasteiger partial charge in [-0.3, -0.25) is 4.79 Å². The molecule has 0 saturated carbocycles. The first-order valence-electron chi connectivity index (χ1n) is 7.40. The lowest BCUT2D eigenvalue weighted by Gasteiger charge is -2.26. The molecule has 2 rings (SSSR count). The van der Waals surface area contributed by atoms with E-state index in [9.17, 15) is 13.2 Å². The van der Waals surface area contributed by atoms with Gasteiger partial charge in [0.25, 0.3) is 0 Å². The number of carbonyl (C=O) groups is 1. The largest absolute Gasteiger partial charge is 0.481 e. The van der Waals surface area contributed by atoms with Crippen molar-refractivity contribution >= 4 is 15.8 Å². The molecule has 1 saturated heterocycles. The van der Waals surface area contributed by atoms with Gasteiger partial charge in [0.05, 0.1) is 11.5 Å². The average molecular weight is 310 g/mol. The summed E-state index contributed by atoms with van der Waals surface area (Å²) in [6.45, 7) is 2.04. The van der Waals surface area contributed by atoms with Gasteiger partial charge in [0.1, 0.15) is 9.84 Å². The molecule has 1 fully saturated rings. The van der Waals surface area contributed by atoms with Crippen LogP contribution >= 0.6 is 0 Å². The zero-order valence-electron chi connectivity index (χ0n) is 12.3. The van der Waals surface area contributed by atoms with Crippen LogP contribution in [0.15, 0.2) is 24.3 Å². The highest BCUT2D eigenvalue weighted by Crippen LogP contribution is 2.35. The summed E-state index contributed by atoms with van der Waals surface area (Å²) in [6, 6.07) is 8.06. The molecule has 1 atom stereocenters. The fourth-order valence-electron chi connectivity index (χ4n) is 3.03. The number of hydrogen-bond donors (Lipinski definition) is 1. The van der Waals surface area contributed by atoms with E-state index in [1.807, 2.05) is 25.1 Å². The number of aliphatic carboxylic acids is 1. The van der Waals surface area contributed by atoms with Gasteiger partial charge in [-0.1, -0.05) is 31.2 Å². The van der Waals surface area contributed by atoms with Crippen molar-refractivity contribution in [3.05, 3.63) is 35.4 Å². The number of sulfone groups is 1. The van der Waals surface area contributed by atoms with Crippen LogP contribution in [0.5, 0.6) is 0 Å². The fraction of sp³-hybridized carbons (Fsp3) is 0.562. The lowest BCUT2D eigenvalue weighted by molar-refractivity contribution is -0.137. The van der Waals surface area contributed by atoms with Gasteiger partial charge in [-0.2, -0.15) is 0 Å². The molecular formula is C16H22O4S. The summed E-state index contributed by atoms with van der Waals surface area (Å²) >= 11 is 0. The SMILES string of the molecule is CC(CCC(=O)O)c1ccccc1C1CCS(=O)(=O)CC1. The van der Waals surface area contributed by atoms with E-state index in [-0.39, 0.29) is 29.8 Å². The van der Waals surface area contributed by atoms with E-state index in [0.29, 0.717) is 19.3 Å². The van der Waals surface area contributed by atoms with Crippen LogP contribution in [-0.4, -0.2) is 31.0 Å². The van der Waals surface area contributed by atoms with Crippen LogP contribution in [0.4, 0.5) is 0 Å². The van der Waals surface area contributed by atoms with Crippen molar-refractivity contribution in [1.29, 1.82) is 0 Å². The third-order valence-electron chi connectivity index (χ3n) is 4.31. The molecule has 0 bridgehead atoms. The highest BCUT2D eigenvalue weighted by atomic mass is 32.2. The van der Waals surface area contributed by atoms with E-state index in [1.54, 1.807) is 0 Å². The molecule has 1 aliphatic rings. The molecule has 0 radical (unpaired) electrons. The topological polar surface area (TPSA) is 71.4 Å². The highest BCUT2D eigenvalue weighted by Gasteiger charge is 2.26. The Morgan fingerprint density at radius 2 is 1.90 bits per heavy atom. The molecule has 21 heavy (non-hydrogen) atoms. The van der Waals surface area contributed by atoms with Gasteiger partial charge in [-0.15, -0.1) is 0 Å². The summed E-state index contributed by atoms with van der Waals surface area (Å²) in [5.74, 6) is 0.196. The average Bonchev–Trinajstić information content (AvgIpc) is 2.45. The van der Waals surface area contributed by atoms with Crippen LogP contribution < -0.4 is 0 Å². The van der Waals surface area contributed by atoms with E-state index in [2.05, 4.69) is 6.07 Å². The van der Waals surface area contributed by atoms with Crippen molar-refractivity contribution < 1.29 is 18.3 Å². The van der Waals surface area contributed by atoms with Crippen molar-refractivity contribution in [3.8, 4) is 0 Å². The van der Waals surface area contributed by atoms with Crippen molar-refractivity contribution in [3.63, 3.8) is 0 Å². The number of benzene rings is 1. The van der Waals surface area contributed by atoms with Crippen LogP contribution in [-0.2, 0) is 14.6 Å². The minimum Gasteiger partial charge on any atom is -0.481 e. The molecule has 1 unspecified atom stereocenters. The van der Waals surface area contributed by atoms with Crippen LogP contribution in [0.25, 0.3) is 0 Å². The summed E-state index contributed by atoms with van der Waals surface area (Å²) < 4.78 is 23.1.